The van der Waals surface area contributed by atoms with Gasteiger partial charge in [-0.1, -0.05) is 122 Å². The number of halogens is 5. The molecule has 8 bridgehead atoms. The Balaban J connectivity index is 0.000000143. The Morgan fingerprint density at radius 1 is 0.533 bits per heavy atom. The number of ketones is 1. The summed E-state index contributed by atoms with van der Waals surface area (Å²) in [5.41, 5.74) is 8.37. The number of carbonyl (C=O) groups is 1. The zero-order chi connectivity index (χ0) is 70.8. The third-order valence-corrected chi connectivity index (χ3v) is 23.7. The summed E-state index contributed by atoms with van der Waals surface area (Å²) in [6.45, 7) is 9.26. The summed E-state index contributed by atoms with van der Waals surface area (Å²) >= 11 is 16.1. The first-order valence-electron chi connectivity index (χ1n) is 35.2. The maximum atomic E-state index is 11.4. The van der Waals surface area contributed by atoms with E-state index in [9.17, 15) is 20.1 Å². The second-order valence-corrected chi connectivity index (χ2v) is 30.2. The summed E-state index contributed by atoms with van der Waals surface area (Å²) in [5, 5.41) is 57.0. The molecule has 15 heterocycles. The number of aryl methyl sites for hydroxylation is 2. The first-order valence-corrected chi connectivity index (χ1v) is 36.8. The Labute approximate surface area is 687 Å². The average Bonchev–Trinajstić information content (AvgIpc) is 0.831. The van der Waals surface area contributed by atoms with Gasteiger partial charge in [0.05, 0.1) is 75.1 Å². The van der Waals surface area contributed by atoms with Crippen LogP contribution in [0.4, 0.5) is 5.69 Å². The molecule has 107 heavy (non-hydrogen) atoms. The van der Waals surface area contributed by atoms with Crippen molar-refractivity contribution < 1.29 is 45.5 Å². The molecular formula is C81H88Br2Cl2IMgN16O4-. The van der Waals surface area contributed by atoms with E-state index in [4.69, 9.17) is 23.2 Å². The predicted molar refractivity (Wildman–Crippen MR) is 425 cm³/mol. The number of aromatic nitrogens is 12. The smallest absolute Gasteiger partial charge is 1.00 e. The van der Waals surface area contributed by atoms with E-state index in [1.807, 2.05) is 121 Å². The van der Waals surface area contributed by atoms with Crippen LogP contribution in [0.5, 0.6) is 0 Å². The fraction of sp³-hybridized carbons (Fsp3) is 0.346. The Kier molecular flexibility index (Phi) is 26.8. The van der Waals surface area contributed by atoms with Gasteiger partial charge in [0.1, 0.15) is 22.8 Å². The first-order chi connectivity index (χ1) is 50.1. The molecule has 7 saturated heterocycles. The number of rotatable bonds is 10. The number of fused-ring (bicyclic) bond motifs is 10. The van der Waals surface area contributed by atoms with E-state index in [0.717, 1.165) is 151 Å². The van der Waals surface area contributed by atoms with E-state index in [1.54, 1.807) is 71.3 Å². The molecule has 4 aromatic carbocycles. The normalized spacial score (nSPS) is 25.1. The number of nitrogens with zero attached hydrogens (tertiary/aromatic N) is 15. The van der Waals surface area contributed by atoms with Gasteiger partial charge in [0.25, 0.3) is 0 Å². The van der Waals surface area contributed by atoms with Crippen molar-refractivity contribution in [3.8, 4) is 11.4 Å². The van der Waals surface area contributed by atoms with Crippen LogP contribution in [0.15, 0.2) is 225 Å². The molecule has 8 unspecified atom stereocenters. The van der Waals surface area contributed by atoms with Gasteiger partial charge < -0.3 is 55.9 Å². The molecule has 7 aliphatic heterocycles. The topological polar surface area (TPSA) is 222 Å². The summed E-state index contributed by atoms with van der Waals surface area (Å²) in [5.74, 6) is 2.98. The minimum Gasteiger partial charge on any atom is -1.00 e. The minimum absolute atomic E-state index is 0. The fourth-order valence-corrected chi connectivity index (χ4v) is 17.6. The molecule has 0 spiro atoms. The van der Waals surface area contributed by atoms with Crippen LogP contribution in [0, 0.1) is 53.4 Å². The van der Waals surface area contributed by atoms with Crippen molar-refractivity contribution in [2.75, 3.05) is 57.3 Å². The van der Waals surface area contributed by atoms with Crippen LogP contribution in [0.2, 0.25) is 10.0 Å². The third kappa shape index (κ3) is 16.9. The van der Waals surface area contributed by atoms with Crippen LogP contribution < -0.4 is 34.2 Å². The summed E-state index contributed by atoms with van der Waals surface area (Å²) in [7, 11) is 3.77. The molecule has 8 aromatic heterocycles. The Bertz CT molecular complexity index is 4800. The van der Waals surface area contributed by atoms with Crippen molar-refractivity contribution >= 4 is 112 Å². The molecule has 4 saturated carbocycles. The van der Waals surface area contributed by atoms with Crippen LogP contribution in [0.3, 0.4) is 0 Å². The van der Waals surface area contributed by atoms with Crippen LogP contribution in [0.25, 0.3) is 33.2 Å². The largest absolute Gasteiger partial charge is 2.00 e. The van der Waals surface area contributed by atoms with Crippen molar-refractivity contribution in [1.29, 1.82) is 0 Å². The Hall–Kier alpha value is -6.89. The maximum Gasteiger partial charge on any atom is 2.00 e. The van der Waals surface area contributed by atoms with Crippen LogP contribution in [-0.2, 0) is 48.8 Å². The molecule has 11 aliphatic rings. The average molecular weight is 1730 g/mol. The quantitative estimate of drug-likeness (QED) is 0.0568. The molecule has 23 rings (SSSR count). The molecule has 26 heteroatoms. The summed E-state index contributed by atoms with van der Waals surface area (Å²) in [4.78, 5) is 34.8. The van der Waals surface area contributed by atoms with Gasteiger partial charge in [-0.3, -0.25) is 38.9 Å². The number of Topliss-reactive ketones (excluding diaryl/α,β-unsaturated/α-hetero) is 1. The number of aliphatic hydroxyl groups is 3. The maximum absolute atomic E-state index is 11.4. The van der Waals surface area contributed by atoms with Gasteiger partial charge in [0.2, 0.25) is 0 Å². The zero-order valence-electron chi connectivity index (χ0n) is 59.9. The second kappa shape index (κ2) is 35.4. The zero-order valence-corrected chi connectivity index (χ0v) is 67.3. The van der Waals surface area contributed by atoms with E-state index < -0.39 is 16.8 Å². The number of anilines is 1. The van der Waals surface area contributed by atoms with Crippen LogP contribution in [0.1, 0.15) is 62.4 Å². The Morgan fingerprint density at radius 2 is 0.972 bits per heavy atom. The number of benzene rings is 4. The van der Waals surface area contributed by atoms with E-state index >= 15 is 0 Å². The summed E-state index contributed by atoms with van der Waals surface area (Å²) in [6.07, 6.45) is 29.5. The third-order valence-electron chi connectivity index (χ3n) is 22.2. The van der Waals surface area contributed by atoms with E-state index in [-0.39, 0.29) is 84.7 Å². The first kappa shape index (κ1) is 81.1. The van der Waals surface area contributed by atoms with Gasteiger partial charge >= 0.3 is 23.1 Å². The molecule has 11 fully saturated rings. The van der Waals surface area contributed by atoms with E-state index in [2.05, 4.69) is 143 Å². The molecular weight excluding hydrogens is 1640 g/mol. The van der Waals surface area contributed by atoms with Crippen molar-refractivity contribution in [1.82, 2.24) is 74.2 Å². The van der Waals surface area contributed by atoms with Gasteiger partial charge in [-0.05, 0) is 95.2 Å². The van der Waals surface area contributed by atoms with Crippen LogP contribution in [-0.4, -0.2) is 165 Å². The second-order valence-electron chi connectivity index (χ2n) is 28.5. The Morgan fingerprint density at radius 3 is 1.37 bits per heavy atom. The molecule has 4 N–H and O–H groups in total. The van der Waals surface area contributed by atoms with Crippen molar-refractivity contribution in [2.45, 2.75) is 63.0 Å². The number of hydrogen-bond acceptors (Lipinski definition) is 16. The van der Waals surface area contributed by atoms with Crippen molar-refractivity contribution in [3.63, 3.8) is 0 Å². The molecule has 20 nitrogen and oxygen atoms in total. The number of carbonyl (C=O) groups excluding carboxylic acids is 1. The molecule has 0 radical (unpaired) electrons. The number of hydrogen-bond donors (Lipinski definition) is 4. The predicted octanol–water partition coefficient (Wildman–Crippen LogP) is 9.79. The van der Waals surface area contributed by atoms with Gasteiger partial charge in [0.15, 0.2) is 0 Å². The summed E-state index contributed by atoms with van der Waals surface area (Å²) in [6, 6.07) is 47.1. The van der Waals surface area contributed by atoms with Gasteiger partial charge in [-0.2, -0.15) is 26.5 Å². The standard InChI is InChI=1S/C22H21ClN6O.C18H20N2O.C13H15NO.C11H8BrClN4.C11H14N2O.C5H4N.CH4.BrH.HI.Mg.H/c1-27-13-18(10-25-27)29-20-7-21(19(23)5-14(20)8-26-29)28-11-16-6-17(12-28)22(16,30)15-3-2-4-24-9-15;21-18(15-7-4-8-19-10-15)16-9-17(18)13-20(12-16)11-14-5-2-1-3-6-14;15-13-11-6-12(13)9-14(8-11)7-10-4-2-1-3-5-10;1-16-6-8(5-14-16)17-11-3-9(12)10(13)2-7(11)4-15-17;14-11(8-2-1-3-12-5-8)9-4-10(11)7-13-6-9;1-2-4-6-5-3-1;;;;;/h2-5,7-10,13,16-17,30H,6,11-12H2,1H3;1-8,10,16-17,21H,9,11-13H2;1-5,11-12H,6-9H2;2-6H,1H3;1-3,5,9-10,13-14H,4,6-7H2;1-2,4-5H;1H4;2*1H;;/q;;;;;-1;;;;+2;-1/p-1. The molecule has 0 amide bonds. The van der Waals surface area contributed by atoms with Gasteiger partial charge in [-0.25, -0.2) is 21.5 Å². The monoisotopic (exact) mass is 1730 g/mol. The van der Waals surface area contributed by atoms with Gasteiger partial charge in [-0.15, -0.1) is 17.0 Å². The van der Waals surface area contributed by atoms with Crippen molar-refractivity contribution in [3.05, 3.63) is 269 Å². The van der Waals surface area contributed by atoms with E-state index in [1.165, 1.54) is 11.1 Å². The number of piperidine rings is 8. The SMILES string of the molecule is Br.C.Cn1cc(-n2ncc3cc(Cl)c(Br)cc32)cn1.Cn1cc(-n2ncc3cc(Cl)c(N4CC5CC(C4)C5(O)c4cccnc4)cc32)cn1.O=C1C2CC1CN(Cc1ccccc1)C2.OC1(c2cccnc2)C2CC1CN(Cc1ccccc1)C2.OC1(c2cccnc2)C2CNCC1C2.[H-].[I-].[Mg+2].[c-]1cccnc1. The molecule has 4 aliphatic carbocycles. The number of pyridine rings is 4. The minimum atomic E-state index is -0.793. The molecule has 12 aromatic rings. The van der Waals surface area contributed by atoms with Gasteiger partial charge in [0, 0.05) is 196 Å². The molecule has 554 valence electrons. The number of nitrogens with one attached hydrogen (secondary N) is 1. The van der Waals surface area contributed by atoms with Crippen LogP contribution >= 0.6 is 56.1 Å². The fourth-order valence-electron chi connectivity index (χ4n) is 16.8. The molecule has 8 atom stereocenters. The van der Waals surface area contributed by atoms with E-state index in [0.29, 0.717) is 51.3 Å². The summed E-state index contributed by atoms with van der Waals surface area (Å²) < 4.78 is 8.09. The van der Waals surface area contributed by atoms with Crippen molar-refractivity contribution in [2.24, 2.45) is 61.4 Å².